The molecule has 0 fully saturated rings. The van der Waals surface area contributed by atoms with E-state index in [-0.39, 0.29) is 23.8 Å². The maximum atomic E-state index is 13.3. The number of halogens is 1. The molecule has 0 spiro atoms. The van der Waals surface area contributed by atoms with Crippen LogP contribution in [0.3, 0.4) is 0 Å². The highest BCUT2D eigenvalue weighted by Crippen LogP contribution is 2.28. The van der Waals surface area contributed by atoms with Crippen molar-refractivity contribution in [1.29, 1.82) is 0 Å². The van der Waals surface area contributed by atoms with Crippen molar-refractivity contribution in [3.8, 4) is 28.4 Å². The lowest BCUT2D eigenvalue weighted by Gasteiger charge is -2.09. The monoisotopic (exact) mass is 493 g/mol. The second-order valence-electron chi connectivity index (χ2n) is 8.38. The highest BCUT2D eigenvalue weighted by Gasteiger charge is 2.16. The number of fused-ring (bicyclic) bond motifs is 1. The van der Waals surface area contributed by atoms with Crippen LogP contribution in [-0.2, 0) is 13.2 Å². The maximum Gasteiger partial charge on any atom is 0.277 e. The lowest BCUT2D eigenvalue weighted by molar-refractivity contribution is 0.307. The fourth-order valence-electron chi connectivity index (χ4n) is 4.00. The lowest BCUT2D eigenvalue weighted by Crippen LogP contribution is -2.21. The zero-order valence-corrected chi connectivity index (χ0v) is 19.5. The van der Waals surface area contributed by atoms with Crippen LogP contribution in [0.25, 0.3) is 28.2 Å². The number of aromatic nitrogens is 5. The molecule has 9 heteroatoms. The van der Waals surface area contributed by atoms with Gasteiger partial charge in [0.05, 0.1) is 11.3 Å². The normalized spacial score (nSPS) is 11.2. The van der Waals surface area contributed by atoms with Crippen molar-refractivity contribution >= 4 is 5.52 Å². The first-order valence-electron chi connectivity index (χ1n) is 11.6. The molecule has 3 aromatic carbocycles. The Morgan fingerprint density at radius 3 is 2.54 bits per heavy atom. The van der Waals surface area contributed by atoms with Gasteiger partial charge in [0, 0.05) is 18.0 Å². The van der Waals surface area contributed by atoms with Crippen molar-refractivity contribution in [3.63, 3.8) is 0 Å². The molecule has 8 nitrogen and oxygen atoms in total. The number of ether oxygens (including phenoxy) is 1. The van der Waals surface area contributed by atoms with Gasteiger partial charge in [-0.25, -0.2) is 8.91 Å². The Morgan fingerprint density at radius 2 is 1.70 bits per heavy atom. The molecule has 3 heterocycles. The van der Waals surface area contributed by atoms with Crippen molar-refractivity contribution in [1.82, 2.24) is 24.3 Å². The summed E-state index contributed by atoms with van der Waals surface area (Å²) in [5.74, 6) is 0.942. The van der Waals surface area contributed by atoms with Crippen molar-refractivity contribution < 1.29 is 13.7 Å². The van der Waals surface area contributed by atoms with Crippen LogP contribution in [0.2, 0.25) is 0 Å². The number of para-hydroxylation sites is 1. The molecule has 0 N–H and O–H groups in total. The SMILES string of the molecule is O=c1c2cc(-c3ccc(F)cc3)nn2ccn1Cc1nc(-c2ccccc2OCc2ccccc2)no1. The minimum Gasteiger partial charge on any atom is -0.488 e. The fourth-order valence-corrected chi connectivity index (χ4v) is 4.00. The van der Waals surface area contributed by atoms with Gasteiger partial charge in [0.2, 0.25) is 11.7 Å². The molecule has 0 atom stereocenters. The van der Waals surface area contributed by atoms with E-state index in [1.807, 2.05) is 54.6 Å². The molecule has 6 aromatic rings. The molecule has 0 unspecified atom stereocenters. The summed E-state index contributed by atoms with van der Waals surface area (Å²) in [6.45, 7) is 0.496. The van der Waals surface area contributed by atoms with Crippen molar-refractivity contribution in [3.05, 3.63) is 125 Å². The van der Waals surface area contributed by atoms with E-state index in [2.05, 4.69) is 15.2 Å². The highest BCUT2D eigenvalue weighted by molar-refractivity contribution is 5.65. The number of nitrogens with zero attached hydrogens (tertiary/aromatic N) is 5. The van der Waals surface area contributed by atoms with Crippen molar-refractivity contribution in [2.75, 3.05) is 0 Å². The van der Waals surface area contributed by atoms with Crippen molar-refractivity contribution in [2.45, 2.75) is 13.2 Å². The Balaban J connectivity index is 1.24. The summed E-state index contributed by atoms with van der Waals surface area (Å²) >= 11 is 0. The molecule has 3 aromatic heterocycles. The average molecular weight is 493 g/mol. The molecule has 0 amide bonds. The van der Waals surface area contributed by atoms with E-state index in [0.29, 0.717) is 40.5 Å². The Bertz CT molecular complexity index is 1740. The number of rotatable bonds is 7. The number of hydrogen-bond acceptors (Lipinski definition) is 6. The zero-order chi connectivity index (χ0) is 25.2. The molecular weight excluding hydrogens is 473 g/mol. The first-order chi connectivity index (χ1) is 18.1. The third-order valence-electron chi connectivity index (χ3n) is 5.88. The minimum absolute atomic E-state index is 0.0897. The van der Waals surface area contributed by atoms with Gasteiger partial charge in [-0.05, 0) is 48.0 Å². The van der Waals surface area contributed by atoms with Crippen LogP contribution in [0.4, 0.5) is 4.39 Å². The van der Waals surface area contributed by atoms with Gasteiger partial charge >= 0.3 is 0 Å². The molecule has 0 aliphatic heterocycles. The molecule has 6 rings (SSSR count). The Kier molecular flexibility index (Phi) is 5.78. The summed E-state index contributed by atoms with van der Waals surface area (Å²) in [7, 11) is 0. The lowest BCUT2D eigenvalue weighted by atomic mass is 10.1. The van der Waals surface area contributed by atoms with Crippen LogP contribution in [0.15, 0.2) is 107 Å². The van der Waals surface area contributed by atoms with E-state index in [4.69, 9.17) is 9.26 Å². The summed E-state index contributed by atoms with van der Waals surface area (Å²) in [6, 6.07) is 25.0. The third kappa shape index (κ3) is 4.62. The highest BCUT2D eigenvalue weighted by atomic mass is 19.1. The predicted octanol–water partition coefficient (Wildman–Crippen LogP) is 4.98. The second-order valence-corrected chi connectivity index (χ2v) is 8.38. The molecule has 0 bridgehead atoms. The molecule has 0 radical (unpaired) electrons. The van der Waals surface area contributed by atoms with E-state index < -0.39 is 0 Å². The average Bonchev–Trinajstić information content (AvgIpc) is 3.58. The summed E-state index contributed by atoms with van der Waals surface area (Å²) in [6.07, 6.45) is 3.28. The first-order valence-corrected chi connectivity index (χ1v) is 11.6. The van der Waals surface area contributed by atoms with Gasteiger partial charge < -0.3 is 13.8 Å². The molecule has 0 aliphatic rings. The summed E-state index contributed by atoms with van der Waals surface area (Å²) in [5, 5.41) is 8.54. The molecule has 182 valence electrons. The van der Waals surface area contributed by atoms with E-state index in [1.54, 1.807) is 30.6 Å². The van der Waals surface area contributed by atoms with Gasteiger partial charge in [0.15, 0.2) is 0 Å². The fraction of sp³-hybridized carbons (Fsp3) is 0.0714. The summed E-state index contributed by atoms with van der Waals surface area (Å²) in [5.41, 5.74) is 3.13. The van der Waals surface area contributed by atoms with Gasteiger partial charge in [-0.15, -0.1) is 0 Å². The van der Waals surface area contributed by atoms with Gasteiger partial charge in [0.25, 0.3) is 5.56 Å². The number of hydrogen-bond donors (Lipinski definition) is 0. The largest absolute Gasteiger partial charge is 0.488 e. The van der Waals surface area contributed by atoms with Gasteiger partial charge in [0.1, 0.15) is 30.2 Å². The van der Waals surface area contributed by atoms with Crippen LogP contribution in [-0.4, -0.2) is 24.3 Å². The minimum atomic E-state index is -0.334. The molecular formula is C28H20FN5O3. The summed E-state index contributed by atoms with van der Waals surface area (Å²) in [4.78, 5) is 17.6. The topological polar surface area (TPSA) is 87.5 Å². The standard InChI is InChI=1S/C28H20FN5O3/c29-21-12-10-20(11-13-21)23-16-24-28(35)33(14-15-34(24)31-23)17-26-30-27(32-37-26)22-8-4-5-9-25(22)36-18-19-6-2-1-3-7-19/h1-16H,17-18H2. The molecule has 0 aliphatic carbocycles. The van der Waals surface area contributed by atoms with Gasteiger partial charge in [-0.1, -0.05) is 47.6 Å². The van der Waals surface area contributed by atoms with E-state index in [1.165, 1.54) is 21.2 Å². The first kappa shape index (κ1) is 22.4. The van der Waals surface area contributed by atoms with E-state index in [0.717, 1.165) is 5.56 Å². The van der Waals surface area contributed by atoms with E-state index >= 15 is 0 Å². The third-order valence-corrected chi connectivity index (χ3v) is 5.88. The smallest absolute Gasteiger partial charge is 0.277 e. The predicted molar refractivity (Wildman–Crippen MR) is 134 cm³/mol. The van der Waals surface area contributed by atoms with E-state index in [9.17, 15) is 9.18 Å². The van der Waals surface area contributed by atoms with Crippen LogP contribution >= 0.6 is 0 Å². The second kappa shape index (κ2) is 9.54. The van der Waals surface area contributed by atoms with Crippen LogP contribution in [0, 0.1) is 5.82 Å². The quantitative estimate of drug-likeness (QED) is 0.312. The zero-order valence-electron chi connectivity index (χ0n) is 19.5. The molecule has 0 saturated carbocycles. The number of benzene rings is 3. The Morgan fingerprint density at radius 1 is 0.919 bits per heavy atom. The Labute approximate surface area is 210 Å². The van der Waals surface area contributed by atoms with Crippen LogP contribution in [0.5, 0.6) is 5.75 Å². The summed E-state index contributed by atoms with van der Waals surface area (Å²) < 4.78 is 27.7. The molecule has 0 saturated heterocycles. The Hall–Kier alpha value is -5.05. The maximum absolute atomic E-state index is 13.3. The van der Waals surface area contributed by atoms with Crippen LogP contribution < -0.4 is 10.3 Å². The molecule has 37 heavy (non-hydrogen) atoms. The van der Waals surface area contributed by atoms with Crippen LogP contribution in [0.1, 0.15) is 11.5 Å². The van der Waals surface area contributed by atoms with Gasteiger partial charge in [-0.2, -0.15) is 10.1 Å². The van der Waals surface area contributed by atoms with Crippen molar-refractivity contribution in [2.24, 2.45) is 0 Å². The van der Waals surface area contributed by atoms with Gasteiger partial charge in [-0.3, -0.25) is 4.79 Å².